The van der Waals surface area contributed by atoms with Crippen molar-refractivity contribution in [1.29, 1.82) is 0 Å². The third kappa shape index (κ3) is 5.96. The molecule has 0 bridgehead atoms. The standard InChI is InChI=1S/C32H45N5O3S/c1-19(29(39)33-23-9-10-23)24-11-12-32(3)17-25-27(20(2)26(32)28(24)38)34-31(41-25)35-30(40)22-7-5-21(6-8-22)18-37-15-13-36(4)14-16-37/h5-8,19-20,23-24,26,28,38H,9-18H2,1-4H3,(H,33,39)(H,34,35,40)/p+2/t19-,20-,24-,26+,28-,32-/m0/s1. The largest absolute Gasteiger partial charge is 0.392 e. The molecular weight excluding hydrogens is 534 g/mol. The van der Waals surface area contributed by atoms with Gasteiger partial charge in [0.05, 0.1) is 18.8 Å². The van der Waals surface area contributed by atoms with Gasteiger partial charge in [0, 0.05) is 33.9 Å². The van der Waals surface area contributed by atoms with Gasteiger partial charge in [0.25, 0.3) is 5.91 Å². The van der Waals surface area contributed by atoms with Crippen LogP contribution in [0, 0.1) is 23.2 Å². The number of anilines is 1. The number of carbonyl (C=O) groups excluding carboxylic acids is 2. The summed E-state index contributed by atoms with van der Waals surface area (Å²) in [5, 5.41) is 18.5. The topological polar surface area (TPSA) is 100 Å². The number of quaternary nitrogens is 2. The summed E-state index contributed by atoms with van der Waals surface area (Å²) in [6.45, 7) is 12.2. The second-order valence-electron chi connectivity index (χ2n) is 13.8. The Bertz CT molecular complexity index is 1270. The van der Waals surface area contributed by atoms with Crippen LogP contribution in [0.2, 0.25) is 0 Å². The van der Waals surface area contributed by atoms with Gasteiger partial charge >= 0.3 is 0 Å². The summed E-state index contributed by atoms with van der Waals surface area (Å²) >= 11 is 1.58. The summed E-state index contributed by atoms with van der Waals surface area (Å²) < 4.78 is 0. The molecule has 2 saturated carbocycles. The van der Waals surface area contributed by atoms with Gasteiger partial charge in [-0.1, -0.05) is 32.9 Å². The first-order chi connectivity index (χ1) is 19.6. The molecule has 0 unspecified atom stereocenters. The summed E-state index contributed by atoms with van der Waals surface area (Å²) in [6, 6.07) is 8.34. The van der Waals surface area contributed by atoms with E-state index in [0.717, 1.165) is 44.3 Å². The molecule has 1 aromatic heterocycles. The van der Waals surface area contributed by atoms with Gasteiger partial charge in [-0.15, -0.1) is 11.3 Å². The van der Waals surface area contributed by atoms with E-state index in [4.69, 9.17) is 4.98 Å². The Balaban J connectivity index is 1.11. The maximum Gasteiger partial charge on any atom is 0.257 e. The number of likely N-dealkylation sites (N-methyl/N-ethyl adjacent to an activating group) is 1. The fraction of sp³-hybridized carbons (Fsp3) is 0.656. The minimum atomic E-state index is -0.552. The molecule has 8 nitrogen and oxygen atoms in total. The Morgan fingerprint density at radius 2 is 1.85 bits per heavy atom. The molecule has 3 fully saturated rings. The summed E-state index contributed by atoms with van der Waals surface area (Å²) in [5.74, 6) is -0.213. The molecule has 0 spiro atoms. The third-order valence-electron chi connectivity index (χ3n) is 10.6. The highest BCUT2D eigenvalue weighted by molar-refractivity contribution is 7.15. The van der Waals surface area contributed by atoms with Crippen LogP contribution in [-0.2, 0) is 17.8 Å². The first-order valence-electron chi connectivity index (χ1n) is 15.6. The zero-order chi connectivity index (χ0) is 28.9. The average molecular weight is 582 g/mol. The molecule has 1 aromatic carbocycles. The SMILES string of the molecule is C[C@H](C(=O)NC1CC1)[C@@H]1CC[C@@]2(C)Cc3sc(NC(=O)c4ccc(C[NH+]5CC[NH+](C)CC5)cc4)nc3[C@@H](C)[C@@H]2[C@H]1O. The van der Waals surface area contributed by atoms with Crippen LogP contribution in [0.5, 0.6) is 0 Å². The molecule has 0 radical (unpaired) electrons. The van der Waals surface area contributed by atoms with Crippen LogP contribution in [0.3, 0.4) is 0 Å². The number of benzene rings is 1. The Hall–Kier alpha value is -2.33. The van der Waals surface area contributed by atoms with E-state index >= 15 is 0 Å². The van der Waals surface area contributed by atoms with E-state index in [9.17, 15) is 14.7 Å². The lowest BCUT2D eigenvalue weighted by Gasteiger charge is -2.53. The van der Waals surface area contributed by atoms with Crippen molar-refractivity contribution in [2.75, 3.05) is 38.5 Å². The number of amides is 2. The summed E-state index contributed by atoms with van der Waals surface area (Å²) in [6.07, 6.45) is 4.27. The van der Waals surface area contributed by atoms with Crippen molar-refractivity contribution in [3.05, 3.63) is 46.0 Å². The number of aromatic nitrogens is 1. The monoisotopic (exact) mass is 581 g/mol. The van der Waals surface area contributed by atoms with E-state index in [0.29, 0.717) is 16.7 Å². The Kier molecular flexibility index (Phi) is 8.00. The highest BCUT2D eigenvalue weighted by atomic mass is 32.1. The molecule has 4 aliphatic rings. The number of rotatable bonds is 7. The number of hydrogen-bond acceptors (Lipinski definition) is 5. The van der Waals surface area contributed by atoms with Crippen LogP contribution >= 0.6 is 11.3 Å². The fourth-order valence-corrected chi connectivity index (χ4v) is 9.05. The highest BCUT2D eigenvalue weighted by Crippen LogP contribution is 2.57. The van der Waals surface area contributed by atoms with Crippen LogP contribution in [-0.4, -0.2) is 67.3 Å². The van der Waals surface area contributed by atoms with Gasteiger partial charge < -0.3 is 20.2 Å². The van der Waals surface area contributed by atoms with Gasteiger partial charge in [-0.05, 0) is 61.5 Å². The summed E-state index contributed by atoms with van der Waals surface area (Å²) in [4.78, 5) is 35.3. The van der Waals surface area contributed by atoms with Crippen molar-refractivity contribution in [2.45, 2.75) is 77.5 Å². The molecule has 6 atom stereocenters. The van der Waals surface area contributed by atoms with Gasteiger partial charge in [0.1, 0.15) is 32.7 Å². The van der Waals surface area contributed by atoms with Crippen molar-refractivity contribution in [3.8, 4) is 0 Å². The van der Waals surface area contributed by atoms with Crippen molar-refractivity contribution in [2.24, 2.45) is 23.2 Å². The van der Waals surface area contributed by atoms with Crippen LogP contribution in [0.15, 0.2) is 24.3 Å². The first kappa shape index (κ1) is 28.8. The van der Waals surface area contributed by atoms with E-state index in [1.165, 1.54) is 36.6 Å². The van der Waals surface area contributed by atoms with Crippen LogP contribution < -0.4 is 20.4 Å². The summed E-state index contributed by atoms with van der Waals surface area (Å²) in [7, 11) is 2.26. The van der Waals surface area contributed by atoms with Crippen LogP contribution in [0.25, 0.3) is 0 Å². The molecule has 2 aromatic rings. The smallest absolute Gasteiger partial charge is 0.257 e. The molecule has 2 heterocycles. The normalized spacial score (nSPS) is 33.8. The van der Waals surface area contributed by atoms with Gasteiger partial charge in [-0.2, -0.15) is 0 Å². The molecule has 41 heavy (non-hydrogen) atoms. The van der Waals surface area contributed by atoms with Crippen LogP contribution in [0.4, 0.5) is 5.13 Å². The van der Waals surface area contributed by atoms with Crippen molar-refractivity contribution in [1.82, 2.24) is 10.3 Å². The number of nitrogens with one attached hydrogen (secondary N) is 4. The zero-order valence-electron chi connectivity index (χ0n) is 25.0. The number of fused-ring (bicyclic) bond motifs is 2. The Morgan fingerprint density at radius 3 is 2.54 bits per heavy atom. The van der Waals surface area contributed by atoms with Gasteiger partial charge in [-0.3, -0.25) is 14.9 Å². The van der Waals surface area contributed by atoms with Gasteiger partial charge in [0.15, 0.2) is 5.13 Å². The van der Waals surface area contributed by atoms with E-state index in [2.05, 4.69) is 43.7 Å². The van der Waals surface area contributed by atoms with E-state index < -0.39 is 6.10 Å². The van der Waals surface area contributed by atoms with Gasteiger partial charge in [0.2, 0.25) is 5.91 Å². The molecular formula is C32H47N5O3S+2. The molecule has 1 aliphatic heterocycles. The molecule has 5 N–H and O–H groups in total. The molecule has 3 aliphatic carbocycles. The quantitative estimate of drug-likeness (QED) is 0.340. The second-order valence-corrected chi connectivity index (χ2v) is 14.9. The van der Waals surface area contributed by atoms with E-state index in [1.807, 2.05) is 19.1 Å². The maximum absolute atomic E-state index is 13.1. The predicted octanol–water partition coefficient (Wildman–Crippen LogP) is 1.28. The number of piperazine rings is 1. The number of thiazole rings is 1. The number of aliphatic hydroxyl groups excluding tert-OH is 1. The van der Waals surface area contributed by atoms with Gasteiger partial charge in [-0.25, -0.2) is 4.98 Å². The third-order valence-corrected chi connectivity index (χ3v) is 11.6. The molecule has 9 heteroatoms. The van der Waals surface area contributed by atoms with Crippen molar-refractivity contribution >= 4 is 28.3 Å². The lowest BCUT2D eigenvalue weighted by Crippen LogP contribution is -3.26. The maximum atomic E-state index is 13.1. The Labute approximate surface area is 247 Å². The lowest BCUT2D eigenvalue weighted by molar-refractivity contribution is -1.01. The highest BCUT2D eigenvalue weighted by Gasteiger charge is 2.54. The lowest BCUT2D eigenvalue weighted by atomic mass is 9.53. The first-order valence-corrected chi connectivity index (χ1v) is 16.5. The van der Waals surface area contributed by atoms with Crippen molar-refractivity contribution < 1.29 is 24.5 Å². The minimum Gasteiger partial charge on any atom is -0.392 e. The van der Waals surface area contributed by atoms with E-state index in [1.54, 1.807) is 21.1 Å². The average Bonchev–Trinajstić information content (AvgIpc) is 3.67. The number of carbonyl (C=O) groups is 2. The molecule has 1 saturated heterocycles. The van der Waals surface area contributed by atoms with Crippen molar-refractivity contribution in [3.63, 3.8) is 0 Å². The summed E-state index contributed by atoms with van der Waals surface area (Å²) in [5.41, 5.74) is 2.85. The fourth-order valence-electron chi connectivity index (χ4n) is 7.79. The molecule has 222 valence electrons. The number of hydrogen-bond donors (Lipinski definition) is 5. The Morgan fingerprint density at radius 1 is 1.15 bits per heavy atom. The van der Waals surface area contributed by atoms with Crippen LogP contribution in [0.1, 0.15) is 78.9 Å². The zero-order valence-corrected chi connectivity index (χ0v) is 25.8. The minimum absolute atomic E-state index is 0.0342. The second kappa shape index (κ2) is 11.4. The number of nitrogens with zero attached hydrogens (tertiary/aromatic N) is 1. The molecule has 6 rings (SSSR count). The van der Waals surface area contributed by atoms with E-state index in [-0.39, 0.29) is 40.9 Å². The molecule has 2 amide bonds. The predicted molar refractivity (Wildman–Crippen MR) is 160 cm³/mol. The number of aliphatic hydroxyl groups is 1.